The van der Waals surface area contributed by atoms with Gasteiger partial charge in [0.2, 0.25) is 5.91 Å². The molecule has 0 bridgehead atoms. The lowest BCUT2D eigenvalue weighted by molar-refractivity contribution is -0.146. The average Bonchev–Trinajstić information content (AvgIpc) is 3.68. The molecule has 2 saturated heterocycles. The largest absolute Gasteiger partial charge is 0.497 e. The molecule has 4 atom stereocenters. The zero-order valence-corrected chi connectivity index (χ0v) is 28.9. The topological polar surface area (TPSA) is 130 Å². The number of anilines is 2. The Bertz CT molecular complexity index is 1610. The van der Waals surface area contributed by atoms with Crippen LogP contribution < -0.4 is 14.5 Å². The van der Waals surface area contributed by atoms with Crippen molar-refractivity contribution in [2.45, 2.75) is 95.3 Å². The number of amides is 2. The van der Waals surface area contributed by atoms with E-state index in [0.717, 1.165) is 48.2 Å². The number of methoxy groups -OCH3 is 1. The summed E-state index contributed by atoms with van der Waals surface area (Å²) < 4.78 is 14.3. The summed E-state index contributed by atoms with van der Waals surface area (Å²) in [5.74, 6) is 0.309. The number of rotatable bonds is 10. The highest BCUT2D eigenvalue weighted by Gasteiger charge is 2.66. The van der Waals surface area contributed by atoms with Gasteiger partial charge in [0.25, 0.3) is 5.91 Å². The third kappa shape index (κ3) is 6.36. The zero-order valence-electron chi connectivity index (χ0n) is 27.9. The van der Waals surface area contributed by atoms with Crippen molar-refractivity contribution in [2.24, 2.45) is 5.92 Å². The Labute approximate surface area is 277 Å². The number of carbonyl (C=O) groups is 2. The van der Waals surface area contributed by atoms with Gasteiger partial charge in [-0.3, -0.25) is 14.3 Å². The molecule has 4 heterocycles. The van der Waals surface area contributed by atoms with Gasteiger partial charge in [-0.15, -0.1) is 5.10 Å². The average molecular weight is 662 g/mol. The summed E-state index contributed by atoms with van der Waals surface area (Å²) in [6, 6.07) is 13.6. The van der Waals surface area contributed by atoms with E-state index >= 15 is 0 Å². The van der Waals surface area contributed by atoms with Crippen molar-refractivity contribution in [3.8, 4) is 5.75 Å². The molecule has 11 nitrogen and oxygen atoms in total. The highest BCUT2D eigenvalue weighted by molar-refractivity contribution is 6.71. The van der Waals surface area contributed by atoms with E-state index < -0.39 is 20.0 Å². The molecule has 252 valence electrons. The van der Waals surface area contributed by atoms with Gasteiger partial charge in [0.1, 0.15) is 5.75 Å². The first-order valence-electron chi connectivity index (χ1n) is 16.9. The van der Waals surface area contributed by atoms with E-state index in [1.54, 1.807) is 16.7 Å². The molecule has 3 aliphatic heterocycles. The van der Waals surface area contributed by atoms with Gasteiger partial charge in [-0.2, -0.15) is 0 Å². The van der Waals surface area contributed by atoms with E-state index in [9.17, 15) is 19.5 Å². The molecular formula is C35H47N5O6Si. The van der Waals surface area contributed by atoms with E-state index in [1.807, 2.05) is 73.6 Å². The Morgan fingerprint density at radius 2 is 1.91 bits per heavy atom. The predicted octanol–water partition coefficient (Wildman–Crippen LogP) is 4.55. The number of aliphatic hydroxyl groups is 1. The fourth-order valence-corrected chi connectivity index (χ4v) is 10.6. The van der Waals surface area contributed by atoms with Crippen LogP contribution in [0, 0.1) is 5.92 Å². The number of hydrogen-bond donors (Lipinski definition) is 2. The Morgan fingerprint density at radius 1 is 1.11 bits per heavy atom. The second kappa shape index (κ2) is 13.5. The van der Waals surface area contributed by atoms with Gasteiger partial charge < -0.3 is 29.2 Å². The molecule has 3 aromatic rings. The molecule has 2 amide bonds. The molecule has 1 aromatic heterocycles. The van der Waals surface area contributed by atoms with E-state index in [2.05, 4.69) is 10.3 Å². The number of carbonyl (C=O) groups excluding carboxylic acids is 2. The Hall–Kier alpha value is -3.58. The number of benzene rings is 2. The molecule has 12 heteroatoms. The second-order valence-corrected chi connectivity index (χ2v) is 17.7. The van der Waals surface area contributed by atoms with Crippen molar-refractivity contribution < 1.29 is 29.0 Å². The van der Waals surface area contributed by atoms with E-state index in [-0.39, 0.29) is 29.9 Å². The summed E-state index contributed by atoms with van der Waals surface area (Å²) in [6.07, 6.45) is 7.03. The number of nitrogens with zero attached hydrogens (tertiary/aromatic N) is 5. The summed E-state index contributed by atoms with van der Waals surface area (Å²) in [5.41, 5.74) is 2.48. The quantitative estimate of drug-likeness (QED) is 0.303. The molecule has 2 aromatic carbocycles. The number of aromatic nitrogens is 3. The Balaban J connectivity index is 1.33. The summed E-state index contributed by atoms with van der Waals surface area (Å²) in [4.78, 5) is 43.2. The monoisotopic (exact) mass is 661 g/mol. The Morgan fingerprint density at radius 3 is 2.68 bits per heavy atom. The predicted molar refractivity (Wildman–Crippen MR) is 181 cm³/mol. The maximum absolute atomic E-state index is 14.9. The first-order chi connectivity index (χ1) is 22.6. The molecule has 0 unspecified atom stereocenters. The number of fused-ring (bicyclic) bond motifs is 2. The van der Waals surface area contributed by atoms with Crippen molar-refractivity contribution >= 4 is 31.5 Å². The molecule has 6 rings (SSSR count). The molecule has 2 fully saturated rings. The van der Waals surface area contributed by atoms with Crippen LogP contribution >= 0.6 is 0 Å². The fourth-order valence-electron chi connectivity index (χ4n) is 7.98. The first kappa shape index (κ1) is 33.3. The highest BCUT2D eigenvalue weighted by atomic mass is 28.4. The van der Waals surface area contributed by atoms with Crippen molar-refractivity contribution in [2.75, 3.05) is 30.1 Å². The second-order valence-electron chi connectivity index (χ2n) is 13.7. The molecule has 0 radical (unpaired) electrons. The lowest BCUT2D eigenvalue weighted by Crippen LogP contribution is -2.46. The maximum Gasteiger partial charge on any atom is 0.264 e. The van der Waals surface area contributed by atoms with Crippen molar-refractivity contribution in [1.29, 1.82) is 0 Å². The number of aryl methyl sites for hydroxylation is 1. The van der Waals surface area contributed by atoms with Crippen LogP contribution in [-0.2, 0) is 39.4 Å². The minimum absolute atomic E-state index is 0.000995. The third-order valence-corrected chi connectivity index (χ3v) is 12.7. The van der Waals surface area contributed by atoms with Crippen LogP contribution in [0.1, 0.15) is 62.3 Å². The molecule has 1 spiro atoms. The van der Waals surface area contributed by atoms with Gasteiger partial charge in [0, 0.05) is 61.4 Å². The summed E-state index contributed by atoms with van der Waals surface area (Å²) in [5, 5.41) is 17.6. The van der Waals surface area contributed by atoms with E-state index in [4.69, 9.17) is 9.47 Å². The van der Waals surface area contributed by atoms with E-state index in [1.165, 1.54) is 0 Å². The van der Waals surface area contributed by atoms with Crippen LogP contribution in [-0.4, -0.2) is 71.4 Å². The summed E-state index contributed by atoms with van der Waals surface area (Å²) in [6.45, 7) is 7.37. The molecular weight excluding hydrogens is 615 g/mol. The minimum Gasteiger partial charge on any atom is -0.497 e. The van der Waals surface area contributed by atoms with Crippen LogP contribution in [0.2, 0.25) is 18.6 Å². The van der Waals surface area contributed by atoms with Gasteiger partial charge in [0.05, 0.1) is 31.1 Å². The van der Waals surface area contributed by atoms with Crippen LogP contribution in [0.5, 0.6) is 5.75 Å². The SMILES string of the molecule is COc1ccc2c(c1)[C@@]1(O[C@H](CCn3cc(CCO)nn3)[C@@H]([Si](C)(C)O)[C@@H]1C)C(=O)N2Cc1cccc(N2CCCCCCC2=O)c1. The van der Waals surface area contributed by atoms with Crippen LogP contribution in [0.4, 0.5) is 11.4 Å². The summed E-state index contributed by atoms with van der Waals surface area (Å²) >= 11 is 0. The third-order valence-electron chi connectivity index (χ3n) is 10.2. The molecule has 2 N–H and O–H groups in total. The molecule has 0 saturated carbocycles. The van der Waals surface area contributed by atoms with Gasteiger partial charge in [-0.25, -0.2) is 0 Å². The molecule has 47 heavy (non-hydrogen) atoms. The van der Waals surface area contributed by atoms with Gasteiger partial charge in [-0.05, 0) is 68.3 Å². The van der Waals surface area contributed by atoms with Crippen LogP contribution in [0.25, 0.3) is 0 Å². The van der Waals surface area contributed by atoms with Gasteiger partial charge in [0.15, 0.2) is 13.9 Å². The summed E-state index contributed by atoms with van der Waals surface area (Å²) in [7, 11) is -1.23. The smallest absolute Gasteiger partial charge is 0.264 e. The molecule has 0 aliphatic carbocycles. The normalized spacial score (nSPS) is 24.9. The van der Waals surface area contributed by atoms with Crippen molar-refractivity contribution in [1.82, 2.24) is 15.0 Å². The lowest BCUT2D eigenvalue weighted by atomic mass is 9.82. The van der Waals surface area contributed by atoms with Gasteiger partial charge >= 0.3 is 0 Å². The van der Waals surface area contributed by atoms with Crippen molar-refractivity contribution in [3.05, 3.63) is 65.5 Å². The Kier molecular flexibility index (Phi) is 9.57. The first-order valence-corrected chi connectivity index (χ1v) is 19.9. The van der Waals surface area contributed by atoms with Crippen LogP contribution in [0.3, 0.4) is 0 Å². The number of aliphatic hydroxyl groups excluding tert-OH is 1. The standard InChI is InChI=1S/C35H47N5O6Si/c1-24-33(47(3,4)44)31(15-18-38-23-26(16-19-41)36-37-38)46-35(24)29-21-28(45-2)13-14-30(29)40(34(35)43)22-25-10-9-11-27(20-25)39-17-8-6-5-7-12-32(39)42/h9-11,13-14,20-21,23-24,31,33,41,44H,5-8,12,15-19,22H2,1-4H3/t24-,31+,33-,35+/m0/s1. The van der Waals surface area contributed by atoms with Crippen molar-refractivity contribution in [3.63, 3.8) is 0 Å². The van der Waals surface area contributed by atoms with Gasteiger partial charge in [-0.1, -0.05) is 37.1 Å². The lowest BCUT2D eigenvalue weighted by Gasteiger charge is -2.32. The number of hydrogen-bond acceptors (Lipinski definition) is 8. The molecule has 3 aliphatic rings. The highest BCUT2D eigenvalue weighted by Crippen LogP contribution is 2.60. The van der Waals surface area contributed by atoms with E-state index in [0.29, 0.717) is 50.3 Å². The zero-order chi connectivity index (χ0) is 33.3. The minimum atomic E-state index is -2.84. The maximum atomic E-state index is 14.9. The number of ether oxygens (including phenoxy) is 2. The van der Waals surface area contributed by atoms with Crippen LogP contribution in [0.15, 0.2) is 48.7 Å². The fraction of sp³-hybridized carbons (Fsp3) is 0.543.